The third-order valence-electron chi connectivity index (χ3n) is 5.54. The van der Waals surface area contributed by atoms with Crippen molar-refractivity contribution in [1.82, 2.24) is 4.72 Å². The van der Waals surface area contributed by atoms with E-state index in [0.29, 0.717) is 6.54 Å². The lowest BCUT2D eigenvalue weighted by molar-refractivity contribution is -0.116. The second kappa shape index (κ2) is 7.68. The summed E-state index contributed by atoms with van der Waals surface area (Å²) in [4.78, 5) is 13.8. The van der Waals surface area contributed by atoms with Gasteiger partial charge in [-0.1, -0.05) is 12.1 Å². The van der Waals surface area contributed by atoms with Crippen molar-refractivity contribution in [2.24, 2.45) is 0 Å². The number of carbonyl (C=O) groups excluding carboxylic acids is 1. The fraction of sp³-hybridized carbons (Fsp3) is 0.409. The molecule has 1 aliphatic heterocycles. The molecular formula is C22H28N2O3S. The summed E-state index contributed by atoms with van der Waals surface area (Å²) >= 11 is 0. The first kappa shape index (κ1) is 20.6. The second-order valence-electron chi connectivity index (χ2n) is 7.70. The number of fused-ring (bicyclic) bond motifs is 1. The molecule has 1 aliphatic rings. The minimum absolute atomic E-state index is 0.0199. The van der Waals surface area contributed by atoms with Crippen LogP contribution in [0.2, 0.25) is 0 Å². The van der Waals surface area contributed by atoms with E-state index in [-0.39, 0.29) is 16.8 Å². The molecule has 0 unspecified atom stereocenters. The van der Waals surface area contributed by atoms with Crippen LogP contribution in [0.15, 0.2) is 35.2 Å². The van der Waals surface area contributed by atoms with Crippen LogP contribution in [-0.2, 0) is 21.2 Å². The molecule has 2 aromatic rings. The quantitative estimate of drug-likeness (QED) is 0.845. The lowest BCUT2D eigenvalue weighted by Gasteiger charge is -2.29. The number of nitrogens with zero attached hydrogens (tertiary/aromatic N) is 1. The predicted octanol–water partition coefficient (Wildman–Crippen LogP) is 3.95. The van der Waals surface area contributed by atoms with Gasteiger partial charge in [-0.3, -0.25) is 4.79 Å². The Labute approximate surface area is 167 Å². The molecule has 1 N–H and O–H groups in total. The zero-order chi connectivity index (χ0) is 20.6. The van der Waals surface area contributed by atoms with Crippen LogP contribution in [0.25, 0.3) is 0 Å². The Balaban J connectivity index is 1.89. The maximum atomic E-state index is 13.0. The van der Waals surface area contributed by atoms with E-state index in [9.17, 15) is 13.2 Å². The van der Waals surface area contributed by atoms with Crippen LogP contribution in [-0.4, -0.2) is 20.9 Å². The van der Waals surface area contributed by atoms with Gasteiger partial charge >= 0.3 is 0 Å². The van der Waals surface area contributed by atoms with Crippen molar-refractivity contribution in [2.75, 3.05) is 11.4 Å². The van der Waals surface area contributed by atoms with Crippen molar-refractivity contribution in [3.05, 3.63) is 58.1 Å². The fourth-order valence-corrected chi connectivity index (χ4v) is 5.15. The molecule has 5 nitrogen and oxygen atoms in total. The van der Waals surface area contributed by atoms with Crippen LogP contribution in [0.4, 0.5) is 5.69 Å². The molecule has 0 bridgehead atoms. The van der Waals surface area contributed by atoms with Crippen molar-refractivity contribution in [2.45, 2.75) is 58.4 Å². The highest BCUT2D eigenvalue weighted by Gasteiger charge is 2.24. The Hall–Kier alpha value is -2.18. The Morgan fingerprint density at radius 1 is 1.07 bits per heavy atom. The summed E-state index contributed by atoms with van der Waals surface area (Å²) in [5.74, 6) is -0.0199. The Morgan fingerprint density at radius 2 is 1.75 bits per heavy atom. The monoisotopic (exact) mass is 400 g/mol. The number of amides is 1. The summed E-state index contributed by atoms with van der Waals surface area (Å²) < 4.78 is 28.8. The smallest absolute Gasteiger partial charge is 0.241 e. The fourth-order valence-electron chi connectivity index (χ4n) is 3.88. The molecule has 0 radical (unpaired) electrons. The third-order valence-corrected chi connectivity index (χ3v) is 7.08. The van der Waals surface area contributed by atoms with E-state index in [1.54, 1.807) is 23.1 Å². The van der Waals surface area contributed by atoms with Gasteiger partial charge in [0.1, 0.15) is 0 Å². The van der Waals surface area contributed by atoms with Gasteiger partial charge < -0.3 is 4.90 Å². The SMILES string of the molecule is CC(=O)N1CCCc2cc(S(=O)(=O)N[C@H](C)c3cc(C)c(C)cc3C)ccc21. The van der Waals surface area contributed by atoms with Gasteiger partial charge in [-0.25, -0.2) is 13.1 Å². The van der Waals surface area contributed by atoms with Crippen molar-refractivity contribution in [3.63, 3.8) is 0 Å². The molecule has 0 saturated carbocycles. The minimum atomic E-state index is -3.67. The number of benzene rings is 2. The van der Waals surface area contributed by atoms with Crippen molar-refractivity contribution >= 4 is 21.6 Å². The van der Waals surface area contributed by atoms with Crippen molar-refractivity contribution < 1.29 is 13.2 Å². The molecule has 0 fully saturated rings. The van der Waals surface area contributed by atoms with Crippen LogP contribution < -0.4 is 9.62 Å². The summed E-state index contributed by atoms with van der Waals surface area (Å²) in [6.07, 6.45) is 1.61. The van der Waals surface area contributed by atoms with E-state index in [1.165, 1.54) is 12.5 Å². The maximum Gasteiger partial charge on any atom is 0.241 e. The van der Waals surface area contributed by atoms with Gasteiger partial charge in [0.05, 0.1) is 4.90 Å². The molecule has 150 valence electrons. The van der Waals surface area contributed by atoms with Crippen molar-refractivity contribution in [3.8, 4) is 0 Å². The molecule has 1 heterocycles. The number of nitrogens with one attached hydrogen (secondary N) is 1. The molecule has 2 aromatic carbocycles. The normalized spacial score (nSPS) is 15.2. The standard InChI is InChI=1S/C22H28N2O3S/c1-14-11-16(3)21(12-15(14)2)17(4)23-28(26,27)20-8-9-22-19(13-20)7-6-10-24(22)18(5)25/h8-9,11-13,17,23H,6-7,10H2,1-5H3/t17-/m1/s1. The van der Waals surface area contributed by atoms with Gasteiger partial charge in [-0.15, -0.1) is 0 Å². The summed E-state index contributed by atoms with van der Waals surface area (Å²) in [5, 5.41) is 0. The highest BCUT2D eigenvalue weighted by Crippen LogP contribution is 2.30. The molecule has 3 rings (SSSR count). The lowest BCUT2D eigenvalue weighted by Crippen LogP contribution is -2.34. The Bertz CT molecular complexity index is 1030. The summed E-state index contributed by atoms with van der Waals surface area (Å²) in [7, 11) is -3.67. The number of rotatable bonds is 4. The topological polar surface area (TPSA) is 66.5 Å². The van der Waals surface area contributed by atoms with Gasteiger partial charge in [-0.2, -0.15) is 0 Å². The van der Waals surface area contributed by atoms with Crippen molar-refractivity contribution in [1.29, 1.82) is 0 Å². The number of aryl methyl sites for hydroxylation is 4. The van der Waals surface area contributed by atoms with E-state index in [4.69, 9.17) is 0 Å². The number of carbonyl (C=O) groups is 1. The number of hydrogen-bond donors (Lipinski definition) is 1. The van der Waals surface area contributed by atoms with Gasteiger partial charge in [0.25, 0.3) is 0 Å². The molecule has 28 heavy (non-hydrogen) atoms. The number of hydrogen-bond acceptors (Lipinski definition) is 3. The van der Waals surface area contributed by atoms with Gasteiger partial charge in [0.2, 0.25) is 15.9 Å². The third kappa shape index (κ3) is 3.98. The highest BCUT2D eigenvalue weighted by molar-refractivity contribution is 7.89. The average molecular weight is 401 g/mol. The molecule has 1 atom stereocenters. The Kier molecular flexibility index (Phi) is 5.64. The van der Waals surface area contributed by atoms with E-state index in [1.807, 2.05) is 20.8 Å². The zero-order valence-electron chi connectivity index (χ0n) is 17.2. The number of anilines is 1. The molecule has 1 amide bonds. The lowest BCUT2D eigenvalue weighted by atomic mass is 9.97. The maximum absolute atomic E-state index is 13.0. The van der Waals surface area contributed by atoms with Crippen LogP contribution in [0.1, 0.15) is 54.1 Å². The molecule has 0 aliphatic carbocycles. The van der Waals surface area contributed by atoms with E-state index in [0.717, 1.165) is 40.8 Å². The highest BCUT2D eigenvalue weighted by atomic mass is 32.2. The minimum Gasteiger partial charge on any atom is -0.312 e. The van der Waals surface area contributed by atoms with Crippen LogP contribution in [0, 0.1) is 20.8 Å². The first-order valence-corrected chi connectivity index (χ1v) is 11.1. The molecule has 0 saturated heterocycles. The summed E-state index contributed by atoms with van der Waals surface area (Å²) in [6.45, 7) is 10.2. The van der Waals surface area contributed by atoms with Crippen LogP contribution >= 0.6 is 0 Å². The first-order chi connectivity index (χ1) is 13.1. The van der Waals surface area contributed by atoms with E-state index in [2.05, 4.69) is 23.8 Å². The van der Waals surface area contributed by atoms with Gasteiger partial charge in [-0.05, 0) is 86.6 Å². The predicted molar refractivity (Wildman–Crippen MR) is 112 cm³/mol. The molecule has 6 heteroatoms. The zero-order valence-corrected chi connectivity index (χ0v) is 18.0. The summed E-state index contributed by atoms with van der Waals surface area (Å²) in [5.41, 5.74) is 6.11. The number of sulfonamides is 1. The largest absolute Gasteiger partial charge is 0.312 e. The second-order valence-corrected chi connectivity index (χ2v) is 9.41. The molecule has 0 spiro atoms. The van der Waals surface area contributed by atoms with E-state index >= 15 is 0 Å². The van der Waals surface area contributed by atoms with Gasteiger partial charge in [0.15, 0.2) is 0 Å². The molecular weight excluding hydrogens is 372 g/mol. The first-order valence-electron chi connectivity index (χ1n) is 9.61. The molecule has 0 aromatic heterocycles. The summed E-state index contributed by atoms with van der Waals surface area (Å²) in [6, 6.07) is 8.83. The Morgan fingerprint density at radius 3 is 2.43 bits per heavy atom. The van der Waals surface area contributed by atoms with Crippen LogP contribution in [0.5, 0.6) is 0 Å². The average Bonchev–Trinajstić information content (AvgIpc) is 2.63. The van der Waals surface area contributed by atoms with Crippen LogP contribution in [0.3, 0.4) is 0 Å². The van der Waals surface area contributed by atoms with Gasteiger partial charge in [0, 0.05) is 25.2 Å². The van der Waals surface area contributed by atoms with E-state index < -0.39 is 10.0 Å².